The van der Waals surface area contributed by atoms with Crippen LogP contribution in [0.4, 0.5) is 15.3 Å². The third-order valence-electron chi connectivity index (χ3n) is 8.48. The van der Waals surface area contributed by atoms with Crippen molar-refractivity contribution in [1.82, 2.24) is 9.80 Å². The van der Waals surface area contributed by atoms with Gasteiger partial charge in [0, 0.05) is 77.1 Å². The molecule has 3 saturated heterocycles. The number of amides is 3. The van der Waals surface area contributed by atoms with Gasteiger partial charge in [-0.3, -0.25) is 14.4 Å². The largest absolute Gasteiger partial charge is 1.00 e. The first-order valence-corrected chi connectivity index (χ1v) is 24.4. The van der Waals surface area contributed by atoms with Gasteiger partial charge in [-0.05, 0) is 143 Å². The van der Waals surface area contributed by atoms with Crippen LogP contribution in [0.2, 0.25) is 0 Å². The minimum Gasteiger partial charge on any atom is -1.00 e. The molecule has 2 aromatic carbocycles. The Bertz CT molecular complexity index is 1820. The Morgan fingerprint density at radius 1 is 0.794 bits per heavy atom. The van der Waals surface area contributed by atoms with Crippen LogP contribution in [0.3, 0.4) is 0 Å². The second-order valence-corrected chi connectivity index (χ2v) is 20.9. The fraction of sp³-hybridized carbons (Fsp3) is 0.575. The number of hydrogen-bond donors (Lipinski definition) is 0. The fourth-order valence-corrected chi connectivity index (χ4v) is 7.82. The van der Waals surface area contributed by atoms with Gasteiger partial charge in [0.1, 0.15) is 29.3 Å². The molecule has 0 unspecified atom stereocenters. The Hall–Kier alpha value is 2.32. The average molecular weight is 1590 g/mol. The maximum atomic E-state index is 12.3. The van der Waals surface area contributed by atoms with Crippen LogP contribution in [0.25, 0.3) is 0 Å². The summed E-state index contributed by atoms with van der Waals surface area (Å²) in [5.41, 5.74) is 0.889. The van der Waals surface area contributed by atoms with Crippen molar-refractivity contribution in [1.29, 1.82) is 0 Å². The van der Waals surface area contributed by atoms with E-state index in [9.17, 15) is 19.2 Å². The first-order chi connectivity index (χ1) is 28.6. The van der Waals surface area contributed by atoms with Crippen molar-refractivity contribution in [2.75, 3.05) is 81.7 Å². The molecular formula is C40H52Br2Cs2I3N3O13. The van der Waals surface area contributed by atoms with E-state index in [0.717, 1.165) is 82.8 Å². The van der Waals surface area contributed by atoms with Crippen LogP contribution in [0.5, 0.6) is 11.5 Å². The first kappa shape index (κ1) is 63.3. The molecule has 0 aliphatic carbocycles. The summed E-state index contributed by atoms with van der Waals surface area (Å²) >= 11 is 13.7. The number of rotatable bonds is 4. The van der Waals surface area contributed by atoms with Crippen molar-refractivity contribution < 1.29 is 202 Å². The van der Waals surface area contributed by atoms with E-state index in [1.807, 2.05) is 65.8 Å². The first-order valence-electron chi connectivity index (χ1n) is 19.1. The smallest absolute Gasteiger partial charge is 1.00 e. The molecule has 5 aliphatic rings. The number of hydrogen-bond acceptors (Lipinski definition) is 13. The van der Waals surface area contributed by atoms with Crippen LogP contribution in [-0.4, -0.2) is 128 Å². The molecule has 0 bridgehead atoms. The maximum absolute atomic E-state index is 12.3. The summed E-state index contributed by atoms with van der Waals surface area (Å²) in [4.78, 5) is 63.3. The van der Waals surface area contributed by atoms with Crippen LogP contribution < -0.4 is 157 Å². The van der Waals surface area contributed by atoms with E-state index in [2.05, 4.69) is 105 Å². The predicted molar refractivity (Wildman–Crippen MR) is 257 cm³/mol. The average Bonchev–Trinajstić information content (AvgIpc) is 3.15. The summed E-state index contributed by atoms with van der Waals surface area (Å²) in [7, 11) is 0. The minimum atomic E-state index is -0.495. The normalized spacial score (nSPS) is 16.5. The van der Waals surface area contributed by atoms with Gasteiger partial charge >= 0.3 is 150 Å². The number of fused-ring (bicyclic) bond motifs is 2. The Morgan fingerprint density at radius 2 is 1.24 bits per heavy atom. The van der Waals surface area contributed by atoms with Crippen molar-refractivity contribution in [3.05, 3.63) is 45.9 Å². The number of halogens is 5. The molecule has 7 rings (SSSR count). The molecule has 63 heavy (non-hydrogen) atoms. The molecule has 23 heteroatoms. The third kappa shape index (κ3) is 23.4. The van der Waals surface area contributed by atoms with Gasteiger partial charge in [-0.25, -0.2) is 9.59 Å². The molecule has 0 atom stereocenters. The van der Waals surface area contributed by atoms with Crippen LogP contribution >= 0.6 is 99.6 Å². The summed E-state index contributed by atoms with van der Waals surface area (Å²) < 4.78 is 36.5. The fourth-order valence-electron chi connectivity index (χ4n) is 5.66. The number of likely N-dealkylation sites (tertiary alicyclic amines) is 2. The van der Waals surface area contributed by atoms with E-state index < -0.39 is 5.60 Å². The number of alkyl halides is 1. The van der Waals surface area contributed by atoms with Crippen molar-refractivity contribution in [2.45, 2.75) is 59.2 Å². The molecule has 5 heterocycles. The zero-order valence-corrected chi connectivity index (χ0v) is 59.0. The molecule has 0 N–H and O–H groups in total. The SMILES string of the molecule is C1COCCO1.CC(C)(C)OC(=O)N1CC(CI)C1.CC(C)(C)OC(=O)N1CC(CN2C(=O)COc3cc(I)c(Br)cc32)C1.O=C1COc2cc(I)c(Br)cc2C1.O=CO[O-].[Cs+].[Cs+].[H-]. The number of nitrogens with zero attached hydrogens (tertiary/aromatic N) is 3. The standard InChI is InChI=1S/C17H20BrIN2O4.C9H6BrIO2.C9H16INO2.C4H8O2.CH2O3.2Cs.H/c1-17(2,3)25-16(23)20-6-10(7-20)8-21-13-4-11(18)12(19)5-14(13)24-9-15(21)22;10-7-2-5-1-6(12)4-13-9(5)3-8(7)11;1-9(2,3)13-8(12)11-5-7(4-10)6-11;1-2-6-4-3-5-1;2-1-4-3;;;/h4-5,10H,6-9H2,1-3H3;2-3H,1,4H2;7H,4-6H2,1-3H3;1-4H2;1,3H;;;/q;;;;;2*+1;-1/p-1. The molecule has 3 amide bonds. The van der Waals surface area contributed by atoms with Gasteiger partial charge in [-0.2, -0.15) is 0 Å². The van der Waals surface area contributed by atoms with Crippen LogP contribution in [0.15, 0.2) is 33.2 Å². The van der Waals surface area contributed by atoms with Crippen molar-refractivity contribution >= 4 is 136 Å². The summed E-state index contributed by atoms with van der Waals surface area (Å²) in [6.45, 7) is 17.9. The third-order valence-corrected chi connectivity index (χ3v) is 14.3. The quantitative estimate of drug-likeness (QED) is 0.140. The predicted octanol–water partition coefficient (Wildman–Crippen LogP) is 1.08. The van der Waals surface area contributed by atoms with E-state index in [1.54, 1.807) is 14.7 Å². The van der Waals surface area contributed by atoms with Gasteiger partial charge in [0.05, 0.1) is 32.1 Å². The second-order valence-electron chi connectivity index (χ2n) is 16.0. The van der Waals surface area contributed by atoms with E-state index in [1.165, 1.54) is 0 Å². The summed E-state index contributed by atoms with van der Waals surface area (Å²) in [6.07, 6.45) is 0.0218. The molecule has 5 aliphatic heterocycles. The number of benzene rings is 2. The maximum Gasteiger partial charge on any atom is 1.00 e. The van der Waals surface area contributed by atoms with E-state index in [4.69, 9.17) is 38.5 Å². The number of ketones is 1. The van der Waals surface area contributed by atoms with Crippen molar-refractivity contribution in [3.8, 4) is 11.5 Å². The van der Waals surface area contributed by atoms with Crippen LogP contribution in [-0.2, 0) is 44.6 Å². The van der Waals surface area contributed by atoms with E-state index in [0.29, 0.717) is 32.0 Å². The molecule has 0 aromatic heterocycles. The summed E-state index contributed by atoms with van der Waals surface area (Å²) in [6, 6.07) is 7.74. The van der Waals surface area contributed by atoms with Crippen molar-refractivity contribution in [3.63, 3.8) is 0 Å². The Morgan fingerprint density at radius 3 is 1.68 bits per heavy atom. The van der Waals surface area contributed by atoms with E-state index in [-0.39, 0.29) is 194 Å². The molecule has 2 aromatic rings. The van der Waals surface area contributed by atoms with Crippen LogP contribution in [0, 0.1) is 19.0 Å². The monoisotopic (exact) mass is 1590 g/mol. The van der Waals surface area contributed by atoms with Gasteiger partial charge in [0.15, 0.2) is 12.4 Å². The zero-order chi connectivity index (χ0) is 45.5. The number of anilines is 1. The minimum absolute atomic E-state index is 0. The van der Waals surface area contributed by atoms with Crippen molar-refractivity contribution in [2.24, 2.45) is 11.8 Å². The van der Waals surface area contributed by atoms with Gasteiger partial charge in [0.2, 0.25) is 0 Å². The van der Waals surface area contributed by atoms with Crippen LogP contribution in [0.1, 0.15) is 48.5 Å². The number of carbonyl (C=O) groups is 5. The van der Waals surface area contributed by atoms with Gasteiger partial charge in [-0.1, -0.05) is 22.6 Å². The number of ether oxygens (including phenoxy) is 6. The topological polar surface area (TPSA) is 183 Å². The molecule has 16 nitrogen and oxygen atoms in total. The summed E-state index contributed by atoms with van der Waals surface area (Å²) in [5, 5.41) is 8.43. The van der Waals surface area contributed by atoms with Gasteiger partial charge < -0.3 is 54.7 Å². The Balaban J connectivity index is 0.000000866. The second kappa shape index (κ2) is 31.6. The number of Topliss-reactive ketones (excluding diaryl/α,β-unsaturated/α-hetero) is 1. The number of carbonyl (C=O) groups excluding carboxylic acids is 5. The summed E-state index contributed by atoms with van der Waals surface area (Å²) in [5.74, 6) is 2.55. The molecule has 0 saturated carbocycles. The Kier molecular flexibility index (Phi) is 31.8. The molecule has 342 valence electrons. The van der Waals surface area contributed by atoms with Gasteiger partial charge in [0.25, 0.3) is 12.4 Å². The zero-order valence-electron chi connectivity index (χ0n) is 37.8. The Labute approximate surface area is 546 Å². The molecular weight excluding hydrogens is 1540 g/mol. The molecule has 3 fully saturated rings. The van der Waals surface area contributed by atoms with Gasteiger partial charge in [-0.15, -0.1) is 0 Å². The molecule has 0 radical (unpaired) electrons. The molecule has 0 spiro atoms. The van der Waals surface area contributed by atoms with E-state index >= 15 is 0 Å².